The summed E-state index contributed by atoms with van der Waals surface area (Å²) in [7, 11) is 1.29. The number of carboxylic acids is 1. The number of hydrogen-bond donors (Lipinski definition) is 1. The Labute approximate surface area is 89.2 Å². The number of ether oxygens (including phenoxy) is 1. The minimum atomic E-state index is -1.75. The molecule has 0 heterocycles. The van der Waals surface area contributed by atoms with Crippen molar-refractivity contribution in [2.75, 3.05) is 7.11 Å². The van der Waals surface area contributed by atoms with E-state index in [-0.39, 0.29) is 10.8 Å². The molecule has 0 fully saturated rings. The molecule has 4 nitrogen and oxygen atoms in total. The van der Waals surface area contributed by atoms with Crippen LogP contribution in [0, 0.1) is 5.82 Å². The number of methoxy groups -OCH3 is 1. The van der Waals surface area contributed by atoms with Crippen molar-refractivity contribution in [1.29, 1.82) is 0 Å². The number of benzene rings is 1. The molecule has 0 amide bonds. The monoisotopic (exact) mass is 232 g/mol. The van der Waals surface area contributed by atoms with Gasteiger partial charge in [0.2, 0.25) is 0 Å². The lowest BCUT2D eigenvalue weighted by atomic mass is 10.1. The zero-order valence-electron chi connectivity index (χ0n) is 7.58. The summed E-state index contributed by atoms with van der Waals surface area (Å²) in [6, 6.07) is 2.13. The van der Waals surface area contributed by atoms with Gasteiger partial charge in [-0.05, 0) is 6.07 Å². The standard InChI is InChI=1S/C9H6ClFO4/c1-15-4-2-5(8(12)9(13)14)7(11)6(10)3-4/h2-3H,1H3,(H,13,14). The molecule has 6 heteroatoms. The Hall–Kier alpha value is -1.62. The number of halogens is 2. The Bertz CT molecular complexity index is 430. The van der Waals surface area contributed by atoms with E-state index in [9.17, 15) is 14.0 Å². The Balaban J connectivity index is 3.34. The van der Waals surface area contributed by atoms with Crippen molar-refractivity contribution in [2.45, 2.75) is 0 Å². The van der Waals surface area contributed by atoms with Gasteiger partial charge in [-0.25, -0.2) is 9.18 Å². The fourth-order valence-electron chi connectivity index (χ4n) is 0.962. The molecule has 1 aromatic carbocycles. The maximum Gasteiger partial charge on any atom is 0.377 e. The third kappa shape index (κ3) is 2.24. The second-order valence-corrected chi connectivity index (χ2v) is 3.01. The van der Waals surface area contributed by atoms with Crippen LogP contribution in [0.2, 0.25) is 5.02 Å². The summed E-state index contributed by atoms with van der Waals surface area (Å²) in [5.74, 6) is -4.07. The van der Waals surface area contributed by atoms with Gasteiger partial charge in [0.05, 0.1) is 17.7 Å². The van der Waals surface area contributed by atoms with Gasteiger partial charge < -0.3 is 9.84 Å². The number of carboxylic acid groups (broad SMARTS) is 1. The van der Waals surface area contributed by atoms with Gasteiger partial charge >= 0.3 is 5.97 Å². The predicted octanol–water partition coefficient (Wildman–Crippen LogP) is 1.76. The molecule has 0 atom stereocenters. The Morgan fingerprint density at radius 1 is 1.47 bits per heavy atom. The van der Waals surface area contributed by atoms with E-state index in [1.807, 2.05) is 0 Å². The summed E-state index contributed by atoms with van der Waals surface area (Å²) in [5, 5.41) is 8.05. The minimum absolute atomic E-state index is 0.117. The summed E-state index contributed by atoms with van der Waals surface area (Å²) in [5.41, 5.74) is -0.619. The molecule has 0 unspecified atom stereocenters. The zero-order valence-corrected chi connectivity index (χ0v) is 8.34. The van der Waals surface area contributed by atoms with Gasteiger partial charge in [-0.1, -0.05) is 11.6 Å². The van der Waals surface area contributed by atoms with Crippen LogP contribution in [0.15, 0.2) is 12.1 Å². The molecule has 1 N–H and O–H groups in total. The molecule has 1 rings (SSSR count). The largest absolute Gasteiger partial charge is 0.497 e. The van der Waals surface area contributed by atoms with Crippen molar-refractivity contribution < 1.29 is 23.8 Å². The zero-order chi connectivity index (χ0) is 11.6. The van der Waals surface area contributed by atoms with Crippen LogP contribution in [0.5, 0.6) is 5.75 Å². The summed E-state index contributed by atoms with van der Waals surface area (Å²) < 4.78 is 18.0. The van der Waals surface area contributed by atoms with Crippen LogP contribution in [-0.4, -0.2) is 24.0 Å². The van der Waals surface area contributed by atoms with Crippen molar-refractivity contribution >= 4 is 23.4 Å². The highest BCUT2D eigenvalue weighted by Gasteiger charge is 2.22. The van der Waals surface area contributed by atoms with Crippen LogP contribution in [0.3, 0.4) is 0 Å². The van der Waals surface area contributed by atoms with E-state index in [4.69, 9.17) is 21.4 Å². The fraction of sp³-hybridized carbons (Fsp3) is 0.111. The van der Waals surface area contributed by atoms with Crippen molar-refractivity contribution in [3.05, 3.63) is 28.5 Å². The molecule has 0 aromatic heterocycles. The van der Waals surface area contributed by atoms with Crippen LogP contribution >= 0.6 is 11.6 Å². The highest BCUT2D eigenvalue weighted by atomic mass is 35.5. The highest BCUT2D eigenvalue weighted by molar-refractivity contribution is 6.40. The quantitative estimate of drug-likeness (QED) is 0.637. The first-order valence-corrected chi connectivity index (χ1v) is 4.15. The Morgan fingerprint density at radius 3 is 2.53 bits per heavy atom. The molecule has 0 aliphatic heterocycles. The van der Waals surface area contributed by atoms with Gasteiger partial charge in [0.1, 0.15) is 5.75 Å². The number of aliphatic carboxylic acids is 1. The summed E-state index contributed by atoms with van der Waals surface area (Å²) in [6.45, 7) is 0. The number of carbonyl (C=O) groups is 2. The number of Topliss-reactive ketones (excluding diaryl/α,β-unsaturated/α-hetero) is 1. The third-order valence-electron chi connectivity index (χ3n) is 1.68. The molecule has 0 bridgehead atoms. The lowest BCUT2D eigenvalue weighted by molar-refractivity contribution is -0.131. The van der Waals surface area contributed by atoms with Crippen LogP contribution in [0.25, 0.3) is 0 Å². The molecule has 80 valence electrons. The molecule has 0 aliphatic carbocycles. The van der Waals surface area contributed by atoms with E-state index in [1.54, 1.807) is 0 Å². The molecular weight excluding hydrogens is 227 g/mol. The van der Waals surface area contributed by atoms with E-state index in [0.29, 0.717) is 0 Å². The van der Waals surface area contributed by atoms with Crippen LogP contribution in [0.1, 0.15) is 10.4 Å². The van der Waals surface area contributed by atoms with E-state index in [1.165, 1.54) is 7.11 Å². The molecule has 0 saturated heterocycles. The van der Waals surface area contributed by atoms with Crippen molar-refractivity contribution in [2.24, 2.45) is 0 Å². The lowest BCUT2D eigenvalue weighted by Gasteiger charge is -2.05. The van der Waals surface area contributed by atoms with Gasteiger partial charge in [0.15, 0.2) is 5.82 Å². The van der Waals surface area contributed by atoms with Crippen LogP contribution < -0.4 is 4.74 Å². The highest BCUT2D eigenvalue weighted by Crippen LogP contribution is 2.25. The fourth-order valence-corrected chi connectivity index (χ4v) is 1.17. The SMILES string of the molecule is COc1cc(Cl)c(F)c(C(=O)C(=O)O)c1. The number of hydrogen-bond acceptors (Lipinski definition) is 3. The van der Waals surface area contributed by atoms with Gasteiger partial charge in [-0.2, -0.15) is 0 Å². The maximum absolute atomic E-state index is 13.3. The van der Waals surface area contributed by atoms with Crippen LogP contribution in [-0.2, 0) is 4.79 Å². The third-order valence-corrected chi connectivity index (χ3v) is 1.95. The van der Waals surface area contributed by atoms with Crippen molar-refractivity contribution in [3.8, 4) is 5.75 Å². The van der Waals surface area contributed by atoms with Crippen LogP contribution in [0.4, 0.5) is 4.39 Å². The first-order chi connectivity index (χ1) is 6.97. The average molecular weight is 233 g/mol. The molecule has 1 aromatic rings. The minimum Gasteiger partial charge on any atom is -0.497 e. The van der Waals surface area contributed by atoms with E-state index in [2.05, 4.69) is 0 Å². The van der Waals surface area contributed by atoms with E-state index in [0.717, 1.165) is 12.1 Å². The molecule has 15 heavy (non-hydrogen) atoms. The van der Waals surface area contributed by atoms with Gasteiger partial charge in [0, 0.05) is 6.07 Å². The molecular formula is C9H6ClFO4. The average Bonchev–Trinajstić information content (AvgIpc) is 2.20. The lowest BCUT2D eigenvalue weighted by Crippen LogP contribution is -2.14. The number of carbonyl (C=O) groups excluding carboxylic acids is 1. The first kappa shape index (κ1) is 11.5. The second-order valence-electron chi connectivity index (χ2n) is 2.61. The van der Waals surface area contributed by atoms with Gasteiger partial charge in [-0.15, -0.1) is 0 Å². The first-order valence-electron chi connectivity index (χ1n) is 3.78. The molecule has 0 spiro atoms. The summed E-state index contributed by atoms with van der Waals surface area (Å²) in [4.78, 5) is 21.4. The van der Waals surface area contributed by atoms with E-state index < -0.39 is 23.1 Å². The Morgan fingerprint density at radius 2 is 2.07 bits per heavy atom. The maximum atomic E-state index is 13.3. The van der Waals surface area contributed by atoms with Gasteiger partial charge in [0.25, 0.3) is 5.78 Å². The van der Waals surface area contributed by atoms with E-state index >= 15 is 0 Å². The summed E-state index contributed by atoms with van der Waals surface area (Å²) in [6.07, 6.45) is 0. The normalized spacial score (nSPS) is 9.80. The smallest absolute Gasteiger partial charge is 0.377 e. The Kier molecular flexibility index (Phi) is 3.26. The topological polar surface area (TPSA) is 63.6 Å². The predicted molar refractivity (Wildman–Crippen MR) is 49.9 cm³/mol. The number of rotatable bonds is 3. The molecule has 0 radical (unpaired) electrons. The van der Waals surface area contributed by atoms with Crippen molar-refractivity contribution in [3.63, 3.8) is 0 Å². The second kappa shape index (κ2) is 4.27. The van der Waals surface area contributed by atoms with Gasteiger partial charge in [-0.3, -0.25) is 4.79 Å². The van der Waals surface area contributed by atoms with Crippen molar-refractivity contribution in [1.82, 2.24) is 0 Å². The molecule has 0 aliphatic rings. The molecule has 0 saturated carbocycles. The number of ketones is 1. The summed E-state index contributed by atoms with van der Waals surface area (Å²) >= 11 is 5.45.